The first-order valence-corrected chi connectivity index (χ1v) is 13.8. The molecule has 0 bridgehead atoms. The number of aryl methyl sites for hydroxylation is 1. The second-order valence-electron chi connectivity index (χ2n) is 12.1. The molecule has 1 amide bonds. The summed E-state index contributed by atoms with van der Waals surface area (Å²) in [6.45, 7) is 14.8. The summed E-state index contributed by atoms with van der Waals surface area (Å²) in [4.78, 5) is 32.8. The highest BCUT2D eigenvalue weighted by molar-refractivity contribution is 7.15. The first-order valence-electron chi connectivity index (χ1n) is 13.0. The molecule has 0 N–H and O–H groups in total. The lowest BCUT2D eigenvalue weighted by Gasteiger charge is -2.31. The zero-order chi connectivity index (χ0) is 27.1. The average molecular weight is 525 g/mol. The van der Waals surface area contributed by atoms with Crippen molar-refractivity contribution in [2.24, 2.45) is 7.05 Å². The number of methoxy groups -OCH3 is 1. The molecule has 0 unspecified atom stereocenters. The predicted octanol–water partition coefficient (Wildman–Crippen LogP) is 5.32. The van der Waals surface area contributed by atoms with Crippen LogP contribution < -0.4 is 10.4 Å². The van der Waals surface area contributed by atoms with E-state index in [0.717, 1.165) is 29.2 Å². The highest BCUT2D eigenvalue weighted by Gasteiger charge is 2.29. The van der Waals surface area contributed by atoms with Gasteiger partial charge in [-0.1, -0.05) is 41.5 Å². The topological polar surface area (TPSA) is 69.4 Å². The Kier molecular flexibility index (Phi) is 7.43. The SMILES string of the molecule is COc1c(C(C)(C)C)cc(-c2ncc(C3CCN(C(=O)Cn4ccn(C)c4=O)CC3)s2)cc1C(C)(C)C. The van der Waals surface area contributed by atoms with Crippen LogP contribution >= 0.6 is 11.3 Å². The lowest BCUT2D eigenvalue weighted by Crippen LogP contribution is -2.41. The van der Waals surface area contributed by atoms with Crippen molar-refractivity contribution in [2.45, 2.75) is 77.7 Å². The van der Waals surface area contributed by atoms with Crippen LogP contribution in [-0.4, -0.2) is 45.1 Å². The molecular formula is C29H40N4O3S. The number of likely N-dealkylation sites (tertiary alicyclic amines) is 1. The Balaban J connectivity index is 1.51. The molecule has 7 nitrogen and oxygen atoms in total. The Morgan fingerprint density at radius 2 is 1.65 bits per heavy atom. The lowest BCUT2D eigenvalue weighted by atomic mass is 9.78. The third-order valence-electron chi connectivity index (χ3n) is 7.25. The number of amides is 1. The van der Waals surface area contributed by atoms with Gasteiger partial charge < -0.3 is 14.2 Å². The van der Waals surface area contributed by atoms with Gasteiger partial charge in [0, 0.05) is 60.3 Å². The number of nitrogens with zero attached hydrogens (tertiary/aromatic N) is 4. The molecule has 3 heterocycles. The van der Waals surface area contributed by atoms with Gasteiger partial charge in [0.1, 0.15) is 17.3 Å². The van der Waals surface area contributed by atoms with Crippen LogP contribution in [0.2, 0.25) is 0 Å². The second kappa shape index (κ2) is 10.1. The number of benzene rings is 1. The largest absolute Gasteiger partial charge is 0.496 e. The van der Waals surface area contributed by atoms with Crippen molar-refractivity contribution in [2.75, 3.05) is 20.2 Å². The molecule has 0 radical (unpaired) electrons. The maximum Gasteiger partial charge on any atom is 0.328 e. The molecule has 0 atom stereocenters. The fourth-order valence-electron chi connectivity index (χ4n) is 4.99. The normalized spacial score (nSPS) is 15.3. The van der Waals surface area contributed by atoms with E-state index in [4.69, 9.17) is 9.72 Å². The Morgan fingerprint density at radius 1 is 1.05 bits per heavy atom. The fourth-order valence-corrected chi connectivity index (χ4v) is 6.06. The molecule has 0 spiro atoms. The van der Waals surface area contributed by atoms with Crippen molar-refractivity contribution in [3.05, 3.63) is 57.2 Å². The summed E-state index contributed by atoms with van der Waals surface area (Å²) in [7, 11) is 3.45. The van der Waals surface area contributed by atoms with E-state index in [-0.39, 0.29) is 29.0 Å². The first-order chi connectivity index (χ1) is 17.3. The number of imidazole rings is 1. The van der Waals surface area contributed by atoms with Crippen molar-refractivity contribution in [3.8, 4) is 16.3 Å². The van der Waals surface area contributed by atoms with E-state index in [9.17, 15) is 9.59 Å². The summed E-state index contributed by atoms with van der Waals surface area (Å²) in [6, 6.07) is 4.48. The zero-order valence-electron chi connectivity index (χ0n) is 23.4. The van der Waals surface area contributed by atoms with Gasteiger partial charge in [0.05, 0.1) is 7.11 Å². The first kappa shape index (κ1) is 27.2. The molecule has 4 rings (SSSR count). The van der Waals surface area contributed by atoms with E-state index in [1.807, 2.05) is 11.1 Å². The van der Waals surface area contributed by atoms with Crippen molar-refractivity contribution in [1.29, 1.82) is 0 Å². The number of carbonyl (C=O) groups is 1. The van der Waals surface area contributed by atoms with E-state index in [1.165, 1.54) is 25.1 Å². The molecule has 0 saturated carbocycles. The highest BCUT2D eigenvalue weighted by Crippen LogP contribution is 2.44. The Hall–Kier alpha value is -2.87. The van der Waals surface area contributed by atoms with E-state index < -0.39 is 0 Å². The van der Waals surface area contributed by atoms with Crippen molar-refractivity contribution >= 4 is 17.2 Å². The van der Waals surface area contributed by atoms with Crippen LogP contribution in [0.25, 0.3) is 10.6 Å². The predicted molar refractivity (Wildman–Crippen MR) is 150 cm³/mol. The molecule has 1 fully saturated rings. The molecule has 1 saturated heterocycles. The maximum absolute atomic E-state index is 12.8. The number of ether oxygens (including phenoxy) is 1. The van der Waals surface area contributed by atoms with E-state index in [2.05, 4.69) is 53.7 Å². The number of piperidine rings is 1. The summed E-state index contributed by atoms with van der Waals surface area (Å²) >= 11 is 1.76. The molecule has 3 aromatic rings. The van der Waals surface area contributed by atoms with E-state index in [0.29, 0.717) is 19.0 Å². The molecule has 8 heteroatoms. The Labute approximate surface area is 224 Å². The summed E-state index contributed by atoms with van der Waals surface area (Å²) in [5.41, 5.74) is 3.23. The van der Waals surface area contributed by atoms with Crippen molar-refractivity contribution in [3.63, 3.8) is 0 Å². The summed E-state index contributed by atoms with van der Waals surface area (Å²) in [5, 5.41) is 1.02. The third-order valence-corrected chi connectivity index (χ3v) is 8.46. The molecule has 0 aliphatic carbocycles. The van der Waals surface area contributed by atoms with Crippen LogP contribution in [0.15, 0.2) is 35.5 Å². The number of carbonyl (C=O) groups excluding carboxylic acids is 1. The van der Waals surface area contributed by atoms with Gasteiger partial charge in [-0.25, -0.2) is 9.78 Å². The van der Waals surface area contributed by atoms with Gasteiger partial charge in [-0.3, -0.25) is 9.36 Å². The molecule has 200 valence electrons. The van der Waals surface area contributed by atoms with Crippen molar-refractivity contribution in [1.82, 2.24) is 19.0 Å². The van der Waals surface area contributed by atoms with Crippen molar-refractivity contribution < 1.29 is 9.53 Å². The molecule has 37 heavy (non-hydrogen) atoms. The lowest BCUT2D eigenvalue weighted by molar-refractivity contribution is -0.132. The minimum Gasteiger partial charge on any atom is -0.496 e. The third kappa shape index (κ3) is 5.69. The Bertz CT molecular complexity index is 1290. The van der Waals surface area contributed by atoms with Crippen LogP contribution in [0.1, 0.15) is 76.3 Å². The average Bonchev–Trinajstić information content (AvgIpc) is 3.45. The van der Waals surface area contributed by atoms with Gasteiger partial charge in [0.15, 0.2) is 0 Å². The van der Waals surface area contributed by atoms with Gasteiger partial charge >= 0.3 is 5.69 Å². The van der Waals surface area contributed by atoms with Gasteiger partial charge in [-0.15, -0.1) is 11.3 Å². The van der Waals surface area contributed by atoms with Gasteiger partial charge in [-0.05, 0) is 41.7 Å². The fraction of sp³-hybridized carbons (Fsp3) is 0.552. The van der Waals surface area contributed by atoms with Crippen LogP contribution in [0.3, 0.4) is 0 Å². The second-order valence-corrected chi connectivity index (χ2v) is 13.2. The van der Waals surface area contributed by atoms with Crippen LogP contribution in [0, 0.1) is 0 Å². The molecule has 1 aliphatic heterocycles. The van der Waals surface area contributed by atoms with Gasteiger partial charge in [-0.2, -0.15) is 0 Å². The number of hydrogen-bond donors (Lipinski definition) is 0. The van der Waals surface area contributed by atoms with Gasteiger partial charge in [0.25, 0.3) is 0 Å². The number of aromatic nitrogens is 3. The highest BCUT2D eigenvalue weighted by atomic mass is 32.1. The molecule has 1 aliphatic rings. The van der Waals surface area contributed by atoms with Crippen LogP contribution in [-0.2, 0) is 29.2 Å². The van der Waals surface area contributed by atoms with Crippen LogP contribution in [0.4, 0.5) is 0 Å². The summed E-state index contributed by atoms with van der Waals surface area (Å²) in [6.07, 6.45) is 7.17. The molecule has 2 aromatic heterocycles. The molecule has 1 aromatic carbocycles. The zero-order valence-corrected chi connectivity index (χ0v) is 24.2. The maximum atomic E-state index is 12.8. The smallest absolute Gasteiger partial charge is 0.328 e. The molecular weight excluding hydrogens is 484 g/mol. The quantitative estimate of drug-likeness (QED) is 0.453. The monoisotopic (exact) mass is 524 g/mol. The number of thiazole rings is 1. The number of rotatable bonds is 5. The number of hydrogen-bond acceptors (Lipinski definition) is 5. The minimum atomic E-state index is -0.164. The van der Waals surface area contributed by atoms with E-state index in [1.54, 1.807) is 37.9 Å². The summed E-state index contributed by atoms with van der Waals surface area (Å²) < 4.78 is 8.88. The van der Waals surface area contributed by atoms with Crippen LogP contribution in [0.5, 0.6) is 5.75 Å². The van der Waals surface area contributed by atoms with Gasteiger partial charge in [0.2, 0.25) is 5.91 Å². The Morgan fingerprint density at radius 3 is 2.14 bits per heavy atom. The van der Waals surface area contributed by atoms with E-state index >= 15 is 0 Å². The standard InChI is InChI=1S/C29H40N4O3S/c1-28(2,3)21-15-20(16-22(25(21)36-8)29(4,5)6)26-30-17-23(37-26)19-9-11-32(12-10-19)24(34)18-33-14-13-31(7)27(33)35/h13-17,19H,9-12,18H2,1-8H3. The minimum absolute atomic E-state index is 0.000559. The summed E-state index contributed by atoms with van der Waals surface area (Å²) in [5.74, 6) is 1.35.